The number of hydrogen-bond donors (Lipinski definition) is 0. The molecule has 0 bridgehead atoms. The second-order valence-electron chi connectivity index (χ2n) is 1.86. The summed E-state index contributed by atoms with van der Waals surface area (Å²) >= 11 is 6.44. The first kappa shape index (κ1) is 11.9. The van der Waals surface area contributed by atoms with Crippen molar-refractivity contribution in [2.45, 2.75) is 13.3 Å². The first-order valence-corrected chi connectivity index (χ1v) is 11.2. The van der Waals surface area contributed by atoms with Crippen LogP contribution in [0, 0.1) is 6.07 Å². The van der Waals surface area contributed by atoms with E-state index in [0.29, 0.717) is 0 Å². The minimum atomic E-state index is 0.0417. The van der Waals surface area contributed by atoms with Crippen LogP contribution in [0.4, 0.5) is 0 Å². The topological polar surface area (TPSA) is 0 Å². The van der Waals surface area contributed by atoms with Crippen LogP contribution >= 0.6 is 25.8 Å². The van der Waals surface area contributed by atoms with Crippen LogP contribution in [0.1, 0.15) is 12.5 Å². The van der Waals surface area contributed by atoms with Crippen molar-refractivity contribution in [3.8, 4) is 0 Å². The van der Waals surface area contributed by atoms with E-state index in [9.17, 15) is 0 Å². The molecule has 0 N–H and O–H groups in total. The van der Waals surface area contributed by atoms with Crippen molar-refractivity contribution in [1.82, 2.24) is 0 Å². The normalized spacial score (nSPS) is 7.55. The molecule has 11 heavy (non-hydrogen) atoms. The lowest BCUT2D eigenvalue weighted by molar-refractivity contribution is 1.14. The Kier molecular flexibility index (Phi) is 9.82. The Labute approximate surface area is 90.2 Å². The molecular formula is C8H9Br2Mg. The van der Waals surface area contributed by atoms with E-state index in [1.807, 2.05) is 12.1 Å². The Morgan fingerprint density at radius 1 is 1.36 bits per heavy atom. The summed E-state index contributed by atoms with van der Waals surface area (Å²) in [6.45, 7) is 2.15. The van der Waals surface area contributed by atoms with Crippen LogP contribution in [-0.4, -0.2) is 16.0 Å². The lowest BCUT2D eigenvalue weighted by Crippen LogP contribution is -1.74. The molecule has 1 aromatic carbocycles. The highest BCUT2D eigenvalue weighted by Gasteiger charge is 1.80. The van der Waals surface area contributed by atoms with Gasteiger partial charge >= 0.3 is 16.0 Å². The van der Waals surface area contributed by atoms with E-state index in [0.717, 1.165) is 6.42 Å². The van der Waals surface area contributed by atoms with Crippen molar-refractivity contribution >= 4 is 41.8 Å². The number of benzene rings is 1. The van der Waals surface area contributed by atoms with Crippen LogP contribution in [0.15, 0.2) is 24.3 Å². The number of rotatable bonds is 1. The van der Waals surface area contributed by atoms with E-state index in [2.05, 4.69) is 50.9 Å². The van der Waals surface area contributed by atoms with Gasteiger partial charge in [-0.2, -0.15) is 0 Å². The van der Waals surface area contributed by atoms with Gasteiger partial charge in [0.1, 0.15) is 0 Å². The van der Waals surface area contributed by atoms with Crippen molar-refractivity contribution in [2.24, 2.45) is 0 Å². The molecule has 0 saturated carbocycles. The summed E-state index contributed by atoms with van der Waals surface area (Å²) in [4.78, 5) is 0. The first-order chi connectivity index (χ1) is 5.35. The SMILES string of the molecule is CCc1cc[c]cc1.[Br][Mg][Br]. The largest absolute Gasteiger partial charge is 0.560 e. The Hall–Kier alpha value is 0.946. The van der Waals surface area contributed by atoms with Crippen LogP contribution in [-0.2, 0) is 6.42 Å². The molecule has 0 heterocycles. The molecule has 0 aliphatic heterocycles. The summed E-state index contributed by atoms with van der Waals surface area (Å²) in [6.07, 6.45) is 1.12. The molecule has 1 aromatic rings. The van der Waals surface area contributed by atoms with Crippen LogP contribution < -0.4 is 0 Å². The van der Waals surface area contributed by atoms with Gasteiger partial charge in [-0.1, -0.05) is 31.2 Å². The van der Waals surface area contributed by atoms with Gasteiger partial charge in [-0.15, -0.1) is 0 Å². The van der Waals surface area contributed by atoms with Gasteiger partial charge in [0.05, 0.1) is 0 Å². The van der Waals surface area contributed by atoms with E-state index in [-0.39, 0.29) is 16.0 Å². The molecule has 0 aliphatic carbocycles. The zero-order valence-corrected chi connectivity index (χ0v) is 11.1. The number of aryl methyl sites for hydroxylation is 1. The van der Waals surface area contributed by atoms with E-state index < -0.39 is 0 Å². The lowest BCUT2D eigenvalue weighted by Gasteiger charge is -1.89. The summed E-state index contributed by atoms with van der Waals surface area (Å²) < 4.78 is 0. The number of hydrogen-bond acceptors (Lipinski definition) is 0. The van der Waals surface area contributed by atoms with Crippen molar-refractivity contribution in [2.75, 3.05) is 0 Å². The maximum atomic E-state index is 3.20. The van der Waals surface area contributed by atoms with Crippen LogP contribution in [0.3, 0.4) is 0 Å². The van der Waals surface area contributed by atoms with Gasteiger partial charge in [-0.05, 0) is 18.1 Å². The fraction of sp³-hybridized carbons (Fsp3) is 0.250. The zero-order chi connectivity index (χ0) is 8.53. The van der Waals surface area contributed by atoms with Crippen LogP contribution in [0.2, 0.25) is 0 Å². The van der Waals surface area contributed by atoms with E-state index in [1.165, 1.54) is 5.56 Å². The Balaban J connectivity index is 0.000000292. The summed E-state index contributed by atoms with van der Waals surface area (Å²) in [5.74, 6) is 0. The van der Waals surface area contributed by atoms with Crippen molar-refractivity contribution < 1.29 is 0 Å². The third-order valence-electron chi connectivity index (χ3n) is 1.20. The Bertz CT molecular complexity index is 165. The molecule has 0 unspecified atom stereocenters. The molecule has 3 heteroatoms. The van der Waals surface area contributed by atoms with Gasteiger partial charge in [-0.25, -0.2) is 0 Å². The maximum absolute atomic E-state index is 3.20. The highest BCUT2D eigenvalue weighted by atomic mass is 79.9. The van der Waals surface area contributed by atoms with Crippen molar-refractivity contribution in [1.29, 1.82) is 0 Å². The Morgan fingerprint density at radius 3 is 2.09 bits per heavy atom. The molecule has 0 amide bonds. The molecule has 1 radical (unpaired) electrons. The van der Waals surface area contributed by atoms with Crippen molar-refractivity contribution in [3.63, 3.8) is 0 Å². The van der Waals surface area contributed by atoms with E-state index in [1.54, 1.807) is 0 Å². The fourth-order valence-electron chi connectivity index (χ4n) is 0.657. The van der Waals surface area contributed by atoms with Gasteiger partial charge in [0, 0.05) is 0 Å². The molecule has 0 nitrogen and oxygen atoms in total. The van der Waals surface area contributed by atoms with Gasteiger partial charge in [0.25, 0.3) is 0 Å². The molecule has 0 aromatic heterocycles. The quantitative estimate of drug-likeness (QED) is 0.695. The molecular weight excluding hydrogens is 280 g/mol. The van der Waals surface area contributed by atoms with Gasteiger partial charge in [0.2, 0.25) is 0 Å². The maximum Gasteiger partial charge on any atom is 0.560 e. The highest BCUT2D eigenvalue weighted by molar-refractivity contribution is 9.47. The summed E-state index contributed by atoms with van der Waals surface area (Å²) in [6, 6.07) is 11.0. The zero-order valence-electron chi connectivity index (χ0n) is 6.48. The summed E-state index contributed by atoms with van der Waals surface area (Å²) in [5.41, 5.74) is 1.38. The van der Waals surface area contributed by atoms with E-state index >= 15 is 0 Å². The Morgan fingerprint density at radius 2 is 1.82 bits per heavy atom. The lowest BCUT2D eigenvalue weighted by atomic mass is 10.2. The molecule has 1 rings (SSSR count). The monoisotopic (exact) mass is 287 g/mol. The fourth-order valence-corrected chi connectivity index (χ4v) is 0.657. The minimum absolute atomic E-state index is 0.0417. The molecule has 57 valence electrons. The van der Waals surface area contributed by atoms with Crippen LogP contribution in [0.25, 0.3) is 0 Å². The predicted molar refractivity (Wildman–Crippen MR) is 58.3 cm³/mol. The molecule has 0 atom stereocenters. The molecule has 0 fully saturated rings. The van der Waals surface area contributed by atoms with Crippen molar-refractivity contribution in [3.05, 3.63) is 35.9 Å². The molecule has 0 aliphatic rings. The van der Waals surface area contributed by atoms with Gasteiger partial charge < -0.3 is 0 Å². The summed E-state index contributed by atoms with van der Waals surface area (Å²) in [7, 11) is 0. The van der Waals surface area contributed by atoms with Crippen LogP contribution in [0.5, 0.6) is 0 Å². The average Bonchev–Trinajstić information content (AvgIpc) is 2.08. The average molecular weight is 289 g/mol. The van der Waals surface area contributed by atoms with E-state index in [4.69, 9.17) is 0 Å². The predicted octanol–water partition coefficient (Wildman–Crippen LogP) is 3.36. The second-order valence-corrected chi connectivity index (χ2v) is 9.94. The first-order valence-electron chi connectivity index (χ1n) is 3.42. The number of halogens is 2. The molecule has 0 saturated heterocycles. The second kappa shape index (κ2) is 9.04. The highest BCUT2D eigenvalue weighted by Crippen LogP contribution is 1.96. The third kappa shape index (κ3) is 7.31. The van der Waals surface area contributed by atoms with Gasteiger partial charge in [-0.3, -0.25) is 25.8 Å². The third-order valence-corrected chi connectivity index (χ3v) is 1.20. The smallest absolute Gasteiger partial charge is 0.280 e. The summed E-state index contributed by atoms with van der Waals surface area (Å²) in [5, 5.41) is 0. The molecule has 0 spiro atoms. The standard InChI is InChI=1S/C8H9.2BrH.Mg/c1-2-8-6-4-3-5-7-8;;;/h4-7H,2H2,1H3;2*1H;/q;;;+2/p-2. The van der Waals surface area contributed by atoms with Gasteiger partial charge in [0.15, 0.2) is 0 Å². The minimum Gasteiger partial charge on any atom is -0.280 e.